The maximum atomic E-state index is 12.6. The van der Waals surface area contributed by atoms with E-state index in [1.807, 2.05) is 11.0 Å². The number of H-pyrrole nitrogens is 1. The molecular formula is C20H29N7O3. The van der Waals surface area contributed by atoms with Gasteiger partial charge < -0.3 is 20.3 Å². The summed E-state index contributed by atoms with van der Waals surface area (Å²) in [5.74, 6) is 0.934. The fourth-order valence-electron chi connectivity index (χ4n) is 4.45. The minimum atomic E-state index is -0.275. The number of carbonyl (C=O) groups is 2. The predicted octanol–water partition coefficient (Wildman–Crippen LogP) is 1.84. The number of rotatable bonds is 7. The predicted molar refractivity (Wildman–Crippen MR) is 110 cm³/mol. The SMILES string of the molecule is COCc1cc(C(=O)Nc2cc(C3CC4(C3)CN(CC(C)C)C(=O)N4)[nH]n2)n(C)n1. The Morgan fingerprint density at radius 1 is 1.40 bits per heavy atom. The standard InChI is InChI=1S/C20H29N7O3/c1-12(2)9-27-11-20(22-19(27)29)7-13(8-20)15-6-17(24-23-15)21-18(28)16-5-14(10-30-4)25-26(16)3/h5-6,12-13H,7-11H2,1-4H3,(H,22,29)(H2,21,23,24,28). The first-order valence-corrected chi connectivity index (χ1v) is 10.2. The van der Waals surface area contributed by atoms with E-state index in [9.17, 15) is 9.59 Å². The number of hydrogen-bond acceptors (Lipinski definition) is 5. The van der Waals surface area contributed by atoms with E-state index in [1.54, 1.807) is 20.2 Å². The minimum absolute atomic E-state index is 0.0312. The van der Waals surface area contributed by atoms with Crippen LogP contribution in [0.3, 0.4) is 0 Å². The molecular weight excluding hydrogens is 386 g/mol. The normalized spacial score (nSPS) is 23.2. The molecule has 3 amide bonds. The molecule has 0 bridgehead atoms. The van der Waals surface area contributed by atoms with E-state index in [1.165, 1.54) is 4.68 Å². The van der Waals surface area contributed by atoms with Gasteiger partial charge in [0.15, 0.2) is 5.82 Å². The molecule has 2 fully saturated rings. The second-order valence-electron chi connectivity index (χ2n) is 8.83. The van der Waals surface area contributed by atoms with Crippen LogP contribution >= 0.6 is 0 Å². The van der Waals surface area contributed by atoms with Gasteiger partial charge in [-0.2, -0.15) is 10.2 Å². The molecule has 2 aromatic rings. The number of nitrogens with one attached hydrogen (secondary N) is 3. The Kier molecular flexibility index (Phi) is 5.27. The zero-order valence-electron chi connectivity index (χ0n) is 17.9. The third-order valence-electron chi connectivity index (χ3n) is 5.75. The van der Waals surface area contributed by atoms with Gasteiger partial charge in [0.2, 0.25) is 0 Å². The molecule has 162 valence electrons. The van der Waals surface area contributed by atoms with Gasteiger partial charge in [-0.3, -0.25) is 14.6 Å². The van der Waals surface area contributed by atoms with Gasteiger partial charge >= 0.3 is 6.03 Å². The zero-order valence-corrected chi connectivity index (χ0v) is 17.9. The van der Waals surface area contributed by atoms with Crippen molar-refractivity contribution >= 4 is 17.8 Å². The molecule has 2 aliphatic rings. The van der Waals surface area contributed by atoms with Crippen LogP contribution in [0.2, 0.25) is 0 Å². The van der Waals surface area contributed by atoms with E-state index >= 15 is 0 Å². The Bertz CT molecular complexity index is 942. The highest BCUT2D eigenvalue weighted by Gasteiger charge is 2.52. The number of aromatic amines is 1. The second kappa shape index (κ2) is 7.75. The lowest BCUT2D eigenvalue weighted by Crippen LogP contribution is -2.53. The molecule has 3 heterocycles. The van der Waals surface area contributed by atoms with E-state index in [0.717, 1.165) is 31.6 Å². The molecule has 2 aromatic heterocycles. The number of anilines is 1. The van der Waals surface area contributed by atoms with Crippen molar-refractivity contribution in [2.45, 2.75) is 44.8 Å². The van der Waals surface area contributed by atoms with E-state index < -0.39 is 0 Å². The Hall–Kier alpha value is -2.88. The monoisotopic (exact) mass is 415 g/mol. The molecule has 30 heavy (non-hydrogen) atoms. The molecule has 10 heteroatoms. The van der Waals surface area contributed by atoms with E-state index in [0.29, 0.717) is 29.7 Å². The molecule has 4 rings (SSSR count). The maximum Gasteiger partial charge on any atom is 0.317 e. The molecule has 0 aromatic carbocycles. The number of hydrogen-bond donors (Lipinski definition) is 3. The van der Waals surface area contributed by atoms with Gasteiger partial charge in [0.1, 0.15) is 5.69 Å². The van der Waals surface area contributed by atoms with Crippen LogP contribution in [0.4, 0.5) is 10.6 Å². The summed E-state index contributed by atoms with van der Waals surface area (Å²) in [7, 11) is 3.30. The Labute approximate surface area is 175 Å². The van der Waals surface area contributed by atoms with Gasteiger partial charge in [-0.15, -0.1) is 0 Å². The lowest BCUT2D eigenvalue weighted by molar-refractivity contribution is 0.101. The van der Waals surface area contributed by atoms with Crippen molar-refractivity contribution in [1.82, 2.24) is 30.2 Å². The molecule has 0 atom stereocenters. The summed E-state index contributed by atoms with van der Waals surface area (Å²) >= 11 is 0. The zero-order chi connectivity index (χ0) is 21.5. The molecule has 1 saturated heterocycles. The number of ether oxygens (including phenoxy) is 1. The van der Waals surface area contributed by atoms with Crippen molar-refractivity contribution in [1.29, 1.82) is 0 Å². The molecule has 1 aliphatic heterocycles. The fraction of sp³-hybridized carbons (Fsp3) is 0.600. The first-order chi connectivity index (χ1) is 14.3. The molecule has 1 spiro atoms. The van der Waals surface area contributed by atoms with Crippen molar-refractivity contribution in [3.63, 3.8) is 0 Å². The number of nitrogens with zero attached hydrogens (tertiary/aromatic N) is 4. The van der Waals surface area contributed by atoms with Crippen molar-refractivity contribution in [3.8, 4) is 0 Å². The third kappa shape index (κ3) is 3.91. The van der Waals surface area contributed by atoms with Gasteiger partial charge in [-0.1, -0.05) is 13.8 Å². The van der Waals surface area contributed by atoms with Crippen molar-refractivity contribution in [2.75, 3.05) is 25.5 Å². The highest BCUT2D eigenvalue weighted by atomic mass is 16.5. The molecule has 0 radical (unpaired) electrons. The smallest absolute Gasteiger partial charge is 0.317 e. The van der Waals surface area contributed by atoms with Crippen LogP contribution in [0.15, 0.2) is 12.1 Å². The fourth-order valence-corrected chi connectivity index (χ4v) is 4.45. The Morgan fingerprint density at radius 2 is 2.17 bits per heavy atom. The summed E-state index contributed by atoms with van der Waals surface area (Å²) in [6, 6.07) is 3.60. The Morgan fingerprint density at radius 3 is 2.87 bits per heavy atom. The lowest BCUT2D eigenvalue weighted by atomic mass is 9.67. The minimum Gasteiger partial charge on any atom is -0.378 e. The van der Waals surface area contributed by atoms with Gasteiger partial charge in [0.05, 0.1) is 17.8 Å². The summed E-state index contributed by atoms with van der Waals surface area (Å²) in [6.45, 7) is 6.11. The highest BCUT2D eigenvalue weighted by Crippen LogP contribution is 2.46. The van der Waals surface area contributed by atoms with Crippen LogP contribution in [-0.4, -0.2) is 62.6 Å². The number of urea groups is 1. The summed E-state index contributed by atoms with van der Waals surface area (Å²) in [5.41, 5.74) is 1.96. The first kappa shape index (κ1) is 20.4. The summed E-state index contributed by atoms with van der Waals surface area (Å²) in [6.07, 6.45) is 1.73. The largest absolute Gasteiger partial charge is 0.378 e. The first-order valence-electron chi connectivity index (χ1n) is 10.2. The molecule has 0 unspecified atom stereocenters. The quantitative estimate of drug-likeness (QED) is 0.638. The van der Waals surface area contributed by atoms with Gasteiger partial charge in [0.25, 0.3) is 5.91 Å². The van der Waals surface area contributed by atoms with E-state index in [4.69, 9.17) is 4.74 Å². The lowest BCUT2D eigenvalue weighted by Gasteiger charge is -2.44. The van der Waals surface area contributed by atoms with E-state index in [2.05, 4.69) is 39.8 Å². The average Bonchev–Trinajstić information content (AvgIpc) is 3.32. The summed E-state index contributed by atoms with van der Waals surface area (Å²) in [5, 5.41) is 17.5. The maximum absolute atomic E-state index is 12.6. The van der Waals surface area contributed by atoms with Crippen LogP contribution in [0, 0.1) is 5.92 Å². The number of methoxy groups -OCH3 is 1. The summed E-state index contributed by atoms with van der Waals surface area (Å²) < 4.78 is 6.59. The number of aromatic nitrogens is 4. The topological polar surface area (TPSA) is 117 Å². The van der Waals surface area contributed by atoms with Crippen molar-refractivity contribution in [3.05, 3.63) is 29.2 Å². The number of aryl methyl sites for hydroxylation is 1. The van der Waals surface area contributed by atoms with Crippen LogP contribution in [0.1, 0.15) is 54.5 Å². The van der Waals surface area contributed by atoms with Crippen LogP contribution in [0.5, 0.6) is 0 Å². The van der Waals surface area contributed by atoms with Crippen LogP contribution in [-0.2, 0) is 18.4 Å². The molecule has 1 aliphatic carbocycles. The molecule has 10 nitrogen and oxygen atoms in total. The van der Waals surface area contributed by atoms with Gasteiger partial charge in [0, 0.05) is 44.9 Å². The average molecular weight is 415 g/mol. The molecule has 3 N–H and O–H groups in total. The van der Waals surface area contributed by atoms with Crippen molar-refractivity contribution in [2.24, 2.45) is 13.0 Å². The highest BCUT2D eigenvalue weighted by molar-refractivity contribution is 6.02. The van der Waals surface area contributed by atoms with Gasteiger partial charge in [-0.05, 0) is 24.8 Å². The summed E-state index contributed by atoms with van der Waals surface area (Å²) in [4.78, 5) is 26.7. The van der Waals surface area contributed by atoms with Gasteiger partial charge in [-0.25, -0.2) is 4.79 Å². The number of carbonyl (C=O) groups excluding carboxylic acids is 2. The number of amides is 3. The van der Waals surface area contributed by atoms with E-state index in [-0.39, 0.29) is 23.4 Å². The van der Waals surface area contributed by atoms with Crippen LogP contribution in [0.25, 0.3) is 0 Å². The van der Waals surface area contributed by atoms with Crippen LogP contribution < -0.4 is 10.6 Å². The van der Waals surface area contributed by atoms with Crippen molar-refractivity contribution < 1.29 is 14.3 Å². The Balaban J connectivity index is 1.34. The second-order valence-corrected chi connectivity index (χ2v) is 8.83. The molecule has 1 saturated carbocycles. The third-order valence-corrected chi connectivity index (χ3v) is 5.75.